The summed E-state index contributed by atoms with van der Waals surface area (Å²) >= 11 is 0. The van der Waals surface area contributed by atoms with E-state index in [4.69, 9.17) is 4.74 Å². The maximum absolute atomic E-state index is 13.3. The van der Waals surface area contributed by atoms with Gasteiger partial charge in [0.15, 0.2) is 0 Å². The zero-order valence-electron chi connectivity index (χ0n) is 21.9. The monoisotopic (exact) mass is 505 g/mol. The molecule has 0 unspecified atom stereocenters. The van der Waals surface area contributed by atoms with Crippen molar-refractivity contribution in [1.82, 2.24) is 0 Å². The van der Waals surface area contributed by atoms with Crippen molar-refractivity contribution in [3.8, 4) is 11.5 Å². The first-order chi connectivity index (χ1) is 17.5. The fraction of sp³-hybridized carbons (Fsp3) is 0.400. The second kappa shape index (κ2) is 10.4. The van der Waals surface area contributed by atoms with E-state index in [0.29, 0.717) is 23.3 Å². The molecule has 7 heteroatoms. The van der Waals surface area contributed by atoms with E-state index in [1.807, 2.05) is 6.92 Å². The molecule has 3 N–H and O–H groups in total. The Kier molecular flexibility index (Phi) is 7.46. The normalized spacial score (nSPS) is 20.8. The number of aliphatic hydroxyl groups is 1. The molecule has 0 saturated carbocycles. The van der Waals surface area contributed by atoms with Gasteiger partial charge in [0.2, 0.25) is 0 Å². The van der Waals surface area contributed by atoms with Gasteiger partial charge >= 0.3 is 5.97 Å². The molecule has 1 amide bonds. The fourth-order valence-corrected chi connectivity index (χ4v) is 5.08. The number of carbonyl (C=O) groups excluding carboxylic acids is 1. The summed E-state index contributed by atoms with van der Waals surface area (Å²) in [5, 5.41) is 31.3. The number of para-hydroxylation sites is 1. The Labute approximate surface area is 217 Å². The topological polar surface area (TPSA) is 107 Å². The quantitative estimate of drug-likeness (QED) is 0.393. The number of nitrogens with zero attached hydrogens (tertiary/aromatic N) is 1. The molecule has 196 valence electrons. The Morgan fingerprint density at radius 1 is 1.16 bits per heavy atom. The summed E-state index contributed by atoms with van der Waals surface area (Å²) in [6, 6.07) is 7.75. The van der Waals surface area contributed by atoms with E-state index in [-0.39, 0.29) is 35.5 Å². The summed E-state index contributed by atoms with van der Waals surface area (Å²) in [7, 11) is 0. The average molecular weight is 506 g/mol. The summed E-state index contributed by atoms with van der Waals surface area (Å²) in [6.07, 6.45) is 7.03. The largest absolute Gasteiger partial charge is 0.508 e. The number of allylic oxidation sites excluding steroid dienone is 4. The molecule has 7 nitrogen and oxygen atoms in total. The van der Waals surface area contributed by atoms with Crippen LogP contribution in [-0.4, -0.2) is 38.9 Å². The van der Waals surface area contributed by atoms with Gasteiger partial charge in [-0.25, -0.2) is 4.79 Å². The van der Waals surface area contributed by atoms with Gasteiger partial charge in [0.1, 0.15) is 17.1 Å². The van der Waals surface area contributed by atoms with E-state index in [1.54, 1.807) is 18.2 Å². The van der Waals surface area contributed by atoms with Crippen LogP contribution >= 0.6 is 0 Å². The van der Waals surface area contributed by atoms with Crippen LogP contribution in [0.2, 0.25) is 0 Å². The van der Waals surface area contributed by atoms with E-state index in [1.165, 1.54) is 28.2 Å². The van der Waals surface area contributed by atoms with E-state index in [0.717, 1.165) is 19.3 Å². The van der Waals surface area contributed by atoms with Crippen LogP contribution in [0, 0.1) is 0 Å². The first kappa shape index (κ1) is 26.5. The summed E-state index contributed by atoms with van der Waals surface area (Å²) in [5.74, 6) is -1.21. The minimum atomic E-state index is -1.12. The molecule has 0 bridgehead atoms. The van der Waals surface area contributed by atoms with Gasteiger partial charge in [0, 0.05) is 17.5 Å². The molecule has 2 atom stereocenters. The van der Waals surface area contributed by atoms with Crippen molar-refractivity contribution in [3.63, 3.8) is 0 Å². The van der Waals surface area contributed by atoms with Crippen molar-refractivity contribution in [3.05, 3.63) is 75.9 Å². The number of fused-ring (bicyclic) bond motifs is 3. The zero-order valence-corrected chi connectivity index (χ0v) is 21.9. The number of carboxylic acids is 1. The van der Waals surface area contributed by atoms with Gasteiger partial charge in [-0.15, -0.1) is 0 Å². The number of aliphatic hydroxyl groups excluding tert-OH is 1. The fourth-order valence-electron chi connectivity index (χ4n) is 5.08. The van der Waals surface area contributed by atoms with Gasteiger partial charge in [-0.05, 0) is 71.6 Å². The van der Waals surface area contributed by atoms with Gasteiger partial charge in [-0.3, -0.25) is 4.79 Å². The predicted molar refractivity (Wildman–Crippen MR) is 142 cm³/mol. The van der Waals surface area contributed by atoms with E-state index in [2.05, 4.69) is 32.9 Å². The zero-order chi connectivity index (χ0) is 26.9. The molecular weight excluding hydrogens is 470 g/mol. The first-order valence-corrected chi connectivity index (χ1v) is 12.7. The summed E-state index contributed by atoms with van der Waals surface area (Å²) in [6.45, 7) is 8.26. The van der Waals surface area contributed by atoms with E-state index >= 15 is 0 Å². The molecule has 2 aromatic carbocycles. The molecule has 0 aromatic heterocycles. The maximum atomic E-state index is 13.3. The van der Waals surface area contributed by atoms with Crippen LogP contribution in [0.3, 0.4) is 0 Å². The lowest BCUT2D eigenvalue weighted by Gasteiger charge is -2.40. The van der Waals surface area contributed by atoms with E-state index < -0.39 is 23.6 Å². The number of ether oxygens (including phenoxy) is 1. The van der Waals surface area contributed by atoms with Crippen molar-refractivity contribution in [2.75, 3.05) is 4.90 Å². The number of benzene rings is 2. The standard InChI is InChI=1S/C30H35NO6/c1-18(2)9-7-10-19(3)11-8-14-30(4)26(33)16-22-25(32)15-21-23(27(22)37-30)17-31(28(21)34)24-13-6-5-12-20(24)29(35)36/h5-6,9,11-13,15,26,32-33H,7-8,10,14,16-17H2,1-4H3,(H,35,36)/b19-11+/t26-,30-/m0/s1. The summed E-state index contributed by atoms with van der Waals surface area (Å²) in [4.78, 5) is 26.5. The number of hydrogen-bond donors (Lipinski definition) is 3. The molecule has 4 rings (SSSR count). The van der Waals surface area contributed by atoms with Gasteiger partial charge in [-0.2, -0.15) is 0 Å². The lowest BCUT2D eigenvalue weighted by molar-refractivity contribution is -0.0597. The van der Waals surface area contributed by atoms with Crippen LogP contribution in [0.5, 0.6) is 11.5 Å². The van der Waals surface area contributed by atoms with Crippen molar-refractivity contribution in [2.24, 2.45) is 0 Å². The third kappa shape index (κ3) is 5.27. The molecule has 2 aromatic rings. The smallest absolute Gasteiger partial charge is 0.337 e. The molecule has 0 radical (unpaired) electrons. The Bertz CT molecular complexity index is 1290. The van der Waals surface area contributed by atoms with Crippen LogP contribution < -0.4 is 9.64 Å². The van der Waals surface area contributed by atoms with Crippen LogP contribution in [0.4, 0.5) is 5.69 Å². The summed E-state index contributed by atoms with van der Waals surface area (Å²) in [5.41, 5.74) is 3.35. The molecule has 2 heterocycles. The van der Waals surface area contributed by atoms with Crippen LogP contribution in [0.15, 0.2) is 53.6 Å². The SMILES string of the molecule is CC(C)=CCC/C(C)=C/CC[C@]1(C)Oc2c(c(O)cc3c2CN(c2ccccc2C(=O)O)C3=O)C[C@@H]1O. The lowest BCUT2D eigenvalue weighted by atomic mass is 9.84. The van der Waals surface area contributed by atoms with Crippen molar-refractivity contribution < 1.29 is 29.6 Å². The molecule has 2 aliphatic heterocycles. The highest BCUT2D eigenvalue weighted by Crippen LogP contribution is 2.47. The highest BCUT2D eigenvalue weighted by atomic mass is 16.5. The Hall–Kier alpha value is -3.58. The number of rotatable bonds is 8. The third-order valence-electron chi connectivity index (χ3n) is 7.34. The third-order valence-corrected chi connectivity index (χ3v) is 7.34. The molecule has 2 aliphatic rings. The second-order valence-corrected chi connectivity index (χ2v) is 10.5. The first-order valence-electron chi connectivity index (χ1n) is 12.7. The number of phenolic OH excluding ortho intramolecular Hbond substituents is 1. The van der Waals surface area contributed by atoms with Crippen LogP contribution in [0.25, 0.3) is 0 Å². The number of phenols is 1. The van der Waals surface area contributed by atoms with Gasteiger partial charge < -0.3 is 25.0 Å². The number of carbonyl (C=O) groups is 2. The number of aromatic hydroxyl groups is 1. The highest BCUT2D eigenvalue weighted by Gasteiger charge is 2.44. The molecule has 0 spiro atoms. The number of hydrogen-bond acceptors (Lipinski definition) is 5. The average Bonchev–Trinajstić information content (AvgIpc) is 3.16. The number of carboxylic acid groups (broad SMARTS) is 1. The predicted octanol–water partition coefficient (Wildman–Crippen LogP) is 5.78. The van der Waals surface area contributed by atoms with Crippen LogP contribution in [0.1, 0.15) is 85.2 Å². The number of aromatic carboxylic acids is 1. The molecule has 37 heavy (non-hydrogen) atoms. The Morgan fingerprint density at radius 2 is 1.89 bits per heavy atom. The minimum absolute atomic E-state index is 0.0228. The van der Waals surface area contributed by atoms with Crippen molar-refractivity contribution >= 4 is 17.6 Å². The van der Waals surface area contributed by atoms with E-state index in [9.17, 15) is 24.9 Å². The molecule has 0 saturated heterocycles. The Balaban J connectivity index is 1.59. The van der Waals surface area contributed by atoms with Crippen LogP contribution in [-0.2, 0) is 13.0 Å². The lowest BCUT2D eigenvalue weighted by Crippen LogP contribution is -2.49. The molecule has 0 fully saturated rings. The Morgan fingerprint density at radius 3 is 2.59 bits per heavy atom. The number of amides is 1. The maximum Gasteiger partial charge on any atom is 0.337 e. The van der Waals surface area contributed by atoms with Crippen molar-refractivity contribution in [1.29, 1.82) is 0 Å². The van der Waals surface area contributed by atoms with Gasteiger partial charge in [0.25, 0.3) is 5.91 Å². The van der Waals surface area contributed by atoms with Gasteiger partial charge in [0.05, 0.1) is 29.5 Å². The molecule has 0 aliphatic carbocycles. The van der Waals surface area contributed by atoms with Gasteiger partial charge in [-0.1, -0.05) is 35.4 Å². The number of anilines is 1. The summed E-state index contributed by atoms with van der Waals surface area (Å²) < 4.78 is 6.42. The second-order valence-electron chi connectivity index (χ2n) is 10.5. The molecular formula is C30H35NO6. The minimum Gasteiger partial charge on any atom is -0.508 e. The van der Waals surface area contributed by atoms with Crippen molar-refractivity contribution in [2.45, 2.75) is 78.0 Å². The highest BCUT2D eigenvalue weighted by molar-refractivity contribution is 6.13.